The Hall–Kier alpha value is -3.85. The lowest BCUT2D eigenvalue weighted by Gasteiger charge is -2.35. The number of nitrogens with zero attached hydrogens (tertiary/aromatic N) is 2. The van der Waals surface area contributed by atoms with E-state index in [2.05, 4.69) is 5.32 Å². The Morgan fingerprint density at radius 2 is 1.56 bits per heavy atom. The topological polar surface area (TPSA) is 96.0 Å². The summed E-state index contributed by atoms with van der Waals surface area (Å²) < 4.78 is 32.8. The molecule has 1 atom stereocenters. The van der Waals surface area contributed by atoms with Crippen molar-refractivity contribution in [3.63, 3.8) is 0 Å². The van der Waals surface area contributed by atoms with E-state index in [1.54, 1.807) is 31.2 Å². The lowest BCUT2D eigenvalue weighted by atomic mass is 10.0. The summed E-state index contributed by atoms with van der Waals surface area (Å²) >= 11 is 0. The van der Waals surface area contributed by atoms with E-state index >= 15 is 0 Å². The molecule has 1 unspecified atom stereocenters. The van der Waals surface area contributed by atoms with Gasteiger partial charge in [-0.05, 0) is 57.9 Å². The van der Waals surface area contributed by atoms with Gasteiger partial charge < -0.3 is 15.0 Å². The van der Waals surface area contributed by atoms with Crippen LogP contribution in [0.3, 0.4) is 0 Å². The van der Waals surface area contributed by atoms with Crippen LogP contribution in [0.2, 0.25) is 0 Å². The Morgan fingerprint density at radius 3 is 2.17 bits per heavy atom. The summed E-state index contributed by atoms with van der Waals surface area (Å²) in [5.41, 5.74) is 2.45. The highest BCUT2D eigenvalue weighted by atomic mass is 32.2. The van der Waals surface area contributed by atoms with Gasteiger partial charge in [0, 0.05) is 18.5 Å². The van der Waals surface area contributed by atoms with Gasteiger partial charge in [-0.2, -0.15) is 0 Å². The standard InChI is InChI=1S/C32H41N3O5S/c1-7-40-29-19-12-11-18-27(29)35(41(6,38)39)23-30(36)34(22-26-17-13-14-24(2)20-26)28(31(37)33-32(3,4)5)21-25-15-9-8-10-16-25/h8-20,28H,7,21-23H2,1-6H3,(H,33,37). The molecule has 0 aliphatic carbocycles. The molecule has 0 aliphatic rings. The van der Waals surface area contributed by atoms with Crippen molar-refractivity contribution in [1.29, 1.82) is 0 Å². The van der Waals surface area contributed by atoms with Crippen molar-refractivity contribution in [2.75, 3.05) is 23.7 Å². The molecule has 0 heterocycles. The van der Waals surface area contributed by atoms with Crippen molar-refractivity contribution in [1.82, 2.24) is 10.2 Å². The Balaban J connectivity index is 2.10. The van der Waals surface area contributed by atoms with Gasteiger partial charge in [-0.3, -0.25) is 13.9 Å². The fourth-order valence-corrected chi connectivity index (χ4v) is 5.40. The minimum absolute atomic E-state index is 0.125. The molecule has 0 aromatic heterocycles. The monoisotopic (exact) mass is 579 g/mol. The highest BCUT2D eigenvalue weighted by Gasteiger charge is 2.34. The van der Waals surface area contributed by atoms with Gasteiger partial charge in [0.25, 0.3) is 0 Å². The predicted octanol–water partition coefficient (Wildman–Crippen LogP) is 4.71. The molecule has 2 amide bonds. The maximum absolute atomic E-state index is 14.2. The van der Waals surface area contributed by atoms with Gasteiger partial charge in [0.2, 0.25) is 21.8 Å². The lowest BCUT2D eigenvalue weighted by molar-refractivity contribution is -0.140. The molecule has 3 rings (SSSR count). The quantitative estimate of drug-likeness (QED) is 0.335. The molecule has 0 radical (unpaired) electrons. The number of benzene rings is 3. The van der Waals surface area contributed by atoms with Gasteiger partial charge in [0.05, 0.1) is 18.6 Å². The van der Waals surface area contributed by atoms with E-state index in [-0.39, 0.29) is 24.6 Å². The summed E-state index contributed by atoms with van der Waals surface area (Å²) in [5.74, 6) is -0.471. The first-order chi connectivity index (χ1) is 19.3. The average molecular weight is 580 g/mol. The molecule has 0 saturated heterocycles. The summed E-state index contributed by atoms with van der Waals surface area (Å²) in [6, 6.07) is 23.0. The molecule has 8 nitrogen and oxygen atoms in total. The molecule has 9 heteroatoms. The smallest absolute Gasteiger partial charge is 0.244 e. The van der Waals surface area contributed by atoms with E-state index in [0.717, 1.165) is 27.3 Å². The third-order valence-corrected chi connectivity index (χ3v) is 7.44. The Bertz CT molecular complexity index is 1430. The number of carbonyl (C=O) groups excluding carboxylic acids is 2. The van der Waals surface area contributed by atoms with E-state index in [0.29, 0.717) is 12.4 Å². The minimum atomic E-state index is -3.90. The van der Waals surface area contributed by atoms with Crippen LogP contribution in [-0.2, 0) is 32.6 Å². The van der Waals surface area contributed by atoms with Gasteiger partial charge in [-0.1, -0.05) is 72.3 Å². The first-order valence-electron chi connectivity index (χ1n) is 13.7. The van der Waals surface area contributed by atoms with Crippen LogP contribution in [0.4, 0.5) is 5.69 Å². The predicted molar refractivity (Wildman–Crippen MR) is 163 cm³/mol. The fraction of sp³-hybridized carbons (Fsp3) is 0.375. The van der Waals surface area contributed by atoms with E-state index in [9.17, 15) is 18.0 Å². The number of sulfonamides is 1. The molecule has 3 aromatic carbocycles. The summed E-state index contributed by atoms with van der Waals surface area (Å²) in [4.78, 5) is 29.5. The van der Waals surface area contributed by atoms with E-state index in [1.807, 2.05) is 82.3 Å². The van der Waals surface area contributed by atoms with Gasteiger partial charge in [-0.25, -0.2) is 8.42 Å². The summed E-state index contributed by atoms with van der Waals surface area (Å²) in [6.07, 6.45) is 1.32. The number of amides is 2. The number of nitrogens with one attached hydrogen (secondary N) is 1. The maximum Gasteiger partial charge on any atom is 0.244 e. The Kier molecular flexibility index (Phi) is 10.6. The van der Waals surface area contributed by atoms with Crippen molar-refractivity contribution < 1.29 is 22.7 Å². The normalized spacial score (nSPS) is 12.3. The zero-order valence-electron chi connectivity index (χ0n) is 24.8. The van der Waals surface area contributed by atoms with Crippen molar-refractivity contribution in [2.24, 2.45) is 0 Å². The molecule has 41 heavy (non-hydrogen) atoms. The second kappa shape index (κ2) is 13.7. The van der Waals surface area contributed by atoms with Crippen LogP contribution in [0.25, 0.3) is 0 Å². The molecule has 1 N–H and O–H groups in total. The molecule has 0 spiro atoms. The number of ether oxygens (including phenoxy) is 1. The van der Waals surface area contributed by atoms with Crippen LogP contribution in [0.15, 0.2) is 78.9 Å². The van der Waals surface area contributed by atoms with Gasteiger partial charge in [0.15, 0.2) is 0 Å². The van der Waals surface area contributed by atoms with Crippen LogP contribution in [0, 0.1) is 6.92 Å². The zero-order valence-corrected chi connectivity index (χ0v) is 25.6. The molecular formula is C32H41N3O5S. The highest BCUT2D eigenvalue weighted by molar-refractivity contribution is 7.92. The van der Waals surface area contributed by atoms with Crippen LogP contribution >= 0.6 is 0 Å². The van der Waals surface area contributed by atoms with E-state index in [4.69, 9.17) is 4.74 Å². The third kappa shape index (κ3) is 9.35. The van der Waals surface area contributed by atoms with E-state index < -0.39 is 34.1 Å². The van der Waals surface area contributed by atoms with Crippen LogP contribution in [0.1, 0.15) is 44.4 Å². The largest absolute Gasteiger partial charge is 0.492 e. The zero-order chi connectivity index (χ0) is 30.2. The second-order valence-corrected chi connectivity index (χ2v) is 13.0. The van der Waals surface area contributed by atoms with Gasteiger partial charge in [0.1, 0.15) is 18.3 Å². The van der Waals surface area contributed by atoms with Crippen molar-refractivity contribution >= 4 is 27.5 Å². The first-order valence-corrected chi connectivity index (χ1v) is 15.5. The average Bonchev–Trinajstić information content (AvgIpc) is 2.89. The molecule has 0 fully saturated rings. The molecule has 220 valence electrons. The highest BCUT2D eigenvalue weighted by Crippen LogP contribution is 2.30. The van der Waals surface area contributed by atoms with Crippen molar-refractivity contribution in [2.45, 2.75) is 59.2 Å². The van der Waals surface area contributed by atoms with Crippen LogP contribution in [0.5, 0.6) is 5.75 Å². The van der Waals surface area contributed by atoms with Gasteiger partial charge >= 0.3 is 0 Å². The number of aryl methyl sites for hydroxylation is 1. The summed E-state index contributed by atoms with van der Waals surface area (Å²) in [7, 11) is -3.90. The molecule has 0 saturated carbocycles. The minimum Gasteiger partial charge on any atom is -0.492 e. The number of anilines is 1. The van der Waals surface area contributed by atoms with E-state index in [1.165, 1.54) is 4.90 Å². The maximum atomic E-state index is 14.2. The fourth-order valence-electron chi connectivity index (χ4n) is 4.55. The Labute approximate surface area is 244 Å². The number of hydrogen-bond acceptors (Lipinski definition) is 5. The summed E-state index contributed by atoms with van der Waals surface area (Å²) in [5, 5.41) is 3.03. The lowest BCUT2D eigenvalue weighted by Crippen LogP contribution is -2.56. The first kappa shape index (κ1) is 31.7. The molecule has 0 aliphatic heterocycles. The molecular weight excluding hydrogens is 538 g/mol. The SMILES string of the molecule is CCOc1ccccc1N(CC(=O)N(Cc1cccc(C)c1)C(Cc1ccccc1)C(=O)NC(C)(C)C)S(C)(=O)=O. The number of para-hydroxylation sites is 2. The Morgan fingerprint density at radius 1 is 0.927 bits per heavy atom. The van der Waals surface area contributed by atoms with Crippen molar-refractivity contribution in [3.05, 3.63) is 95.6 Å². The van der Waals surface area contributed by atoms with Crippen LogP contribution < -0.4 is 14.4 Å². The number of carbonyl (C=O) groups is 2. The molecule has 3 aromatic rings. The molecule has 0 bridgehead atoms. The van der Waals surface area contributed by atoms with Gasteiger partial charge in [-0.15, -0.1) is 0 Å². The number of hydrogen-bond donors (Lipinski definition) is 1. The number of rotatable bonds is 12. The third-order valence-electron chi connectivity index (χ3n) is 6.32. The van der Waals surface area contributed by atoms with Crippen LogP contribution in [-0.4, -0.2) is 56.1 Å². The second-order valence-electron chi connectivity index (χ2n) is 11.1. The van der Waals surface area contributed by atoms with Crippen molar-refractivity contribution in [3.8, 4) is 5.75 Å². The summed E-state index contributed by atoms with van der Waals surface area (Å²) in [6.45, 7) is 9.36.